The first-order valence-electron chi connectivity index (χ1n) is 7.68. The van der Waals surface area contributed by atoms with Crippen LogP contribution in [0.5, 0.6) is 0 Å². The zero-order valence-electron chi connectivity index (χ0n) is 14.0. The Hall–Kier alpha value is -1.47. The molecule has 23 heavy (non-hydrogen) atoms. The maximum atomic E-state index is 13.0. The van der Waals surface area contributed by atoms with Crippen LogP contribution in [0.25, 0.3) is 0 Å². The Morgan fingerprint density at radius 2 is 1.78 bits per heavy atom. The minimum absolute atomic E-state index is 0.240. The van der Waals surface area contributed by atoms with Gasteiger partial charge in [0.25, 0.3) is 0 Å². The van der Waals surface area contributed by atoms with E-state index in [1.165, 1.54) is 0 Å². The van der Waals surface area contributed by atoms with E-state index >= 15 is 0 Å². The van der Waals surface area contributed by atoms with Crippen molar-refractivity contribution < 1.29 is 27.5 Å². The highest BCUT2D eigenvalue weighted by molar-refractivity contribution is 5.83. The van der Waals surface area contributed by atoms with E-state index in [-0.39, 0.29) is 6.54 Å². The Balaban J connectivity index is 2.50. The predicted octanol–water partition coefficient (Wildman–Crippen LogP) is 3.14. The van der Waals surface area contributed by atoms with Gasteiger partial charge in [-0.1, -0.05) is 13.3 Å². The van der Waals surface area contributed by atoms with Gasteiger partial charge in [-0.15, -0.1) is 0 Å². The maximum Gasteiger partial charge on any atom is 0.408 e. The molecule has 8 heteroatoms. The lowest BCUT2D eigenvalue weighted by molar-refractivity contribution is -0.167. The number of ether oxygens (including phenoxy) is 1. The maximum absolute atomic E-state index is 13.0. The molecule has 0 radical (unpaired) electrons. The van der Waals surface area contributed by atoms with Gasteiger partial charge in [-0.25, -0.2) is 4.79 Å². The van der Waals surface area contributed by atoms with Crippen molar-refractivity contribution in [1.82, 2.24) is 10.6 Å². The number of alkyl carbamates (subject to hydrolysis) is 1. The summed E-state index contributed by atoms with van der Waals surface area (Å²) in [5.74, 6) is -0.580. The summed E-state index contributed by atoms with van der Waals surface area (Å²) < 4.78 is 44.0. The molecule has 0 spiro atoms. The Kier molecular flexibility index (Phi) is 5.93. The lowest BCUT2D eigenvalue weighted by atomic mass is 9.69. The van der Waals surface area contributed by atoms with Crippen molar-refractivity contribution in [3.05, 3.63) is 0 Å². The number of hydrogen-bond donors (Lipinski definition) is 2. The molecule has 1 aliphatic carbocycles. The molecule has 0 bridgehead atoms. The van der Waals surface area contributed by atoms with Gasteiger partial charge in [0.2, 0.25) is 5.91 Å². The van der Waals surface area contributed by atoms with Crippen LogP contribution in [0.15, 0.2) is 0 Å². The van der Waals surface area contributed by atoms with Gasteiger partial charge in [0, 0.05) is 12.0 Å². The molecule has 1 aliphatic rings. The standard InChI is InChI=1S/C15H25F3N2O3/c1-13(2,3)23-12(22)19-9-6-10(15(16,17)18)20-11(21)14(4)7-5-8-14/h10H,5-9H2,1-4H3,(H,19,22)(H,20,21). The molecule has 1 fully saturated rings. The normalized spacial score (nSPS) is 18.6. The van der Waals surface area contributed by atoms with Crippen LogP contribution in [0.2, 0.25) is 0 Å². The topological polar surface area (TPSA) is 67.4 Å². The van der Waals surface area contributed by atoms with E-state index in [2.05, 4.69) is 10.6 Å². The number of carbonyl (C=O) groups is 2. The third-order valence-corrected chi connectivity index (χ3v) is 3.81. The first kappa shape index (κ1) is 19.6. The molecule has 2 N–H and O–H groups in total. The Labute approximate surface area is 134 Å². The molecule has 0 aliphatic heterocycles. The minimum atomic E-state index is -4.56. The van der Waals surface area contributed by atoms with E-state index < -0.39 is 41.7 Å². The lowest BCUT2D eigenvalue weighted by Crippen LogP contribution is -2.53. The van der Waals surface area contributed by atoms with Gasteiger partial charge in [0.05, 0.1) is 0 Å². The van der Waals surface area contributed by atoms with Crippen molar-refractivity contribution in [2.24, 2.45) is 5.41 Å². The Morgan fingerprint density at radius 3 is 2.17 bits per heavy atom. The van der Waals surface area contributed by atoms with E-state index in [9.17, 15) is 22.8 Å². The highest BCUT2D eigenvalue weighted by Crippen LogP contribution is 2.40. The van der Waals surface area contributed by atoms with Gasteiger partial charge in [-0.05, 0) is 40.0 Å². The van der Waals surface area contributed by atoms with Crippen LogP contribution in [0, 0.1) is 5.41 Å². The zero-order chi connectivity index (χ0) is 17.9. The minimum Gasteiger partial charge on any atom is -0.444 e. The largest absolute Gasteiger partial charge is 0.444 e. The van der Waals surface area contributed by atoms with Crippen LogP contribution in [0.4, 0.5) is 18.0 Å². The summed E-state index contributed by atoms with van der Waals surface area (Å²) in [4.78, 5) is 23.4. The molecule has 0 aromatic carbocycles. The first-order valence-corrected chi connectivity index (χ1v) is 7.68. The summed E-state index contributed by atoms with van der Waals surface area (Å²) in [5, 5.41) is 4.33. The van der Waals surface area contributed by atoms with Crippen molar-refractivity contribution in [2.75, 3.05) is 6.54 Å². The summed E-state index contributed by atoms with van der Waals surface area (Å²) in [6.45, 7) is 6.40. The molecule has 5 nitrogen and oxygen atoms in total. The number of hydrogen-bond acceptors (Lipinski definition) is 3. The molecule has 0 aromatic heterocycles. The second-order valence-electron chi connectivity index (χ2n) is 7.20. The van der Waals surface area contributed by atoms with Crippen molar-refractivity contribution in [2.45, 2.75) is 71.2 Å². The predicted molar refractivity (Wildman–Crippen MR) is 78.8 cm³/mol. The molecule has 2 amide bonds. The average Bonchev–Trinajstić information content (AvgIpc) is 2.30. The van der Waals surface area contributed by atoms with Gasteiger partial charge < -0.3 is 15.4 Å². The number of rotatable bonds is 5. The first-order chi connectivity index (χ1) is 10.3. The summed E-state index contributed by atoms with van der Waals surface area (Å²) in [6.07, 6.45) is -3.74. The number of alkyl halides is 3. The smallest absolute Gasteiger partial charge is 0.408 e. The van der Waals surface area contributed by atoms with Crippen LogP contribution >= 0.6 is 0 Å². The van der Waals surface area contributed by atoms with E-state index in [1.807, 2.05) is 0 Å². The second-order valence-corrected chi connectivity index (χ2v) is 7.20. The quantitative estimate of drug-likeness (QED) is 0.809. The van der Waals surface area contributed by atoms with Crippen LogP contribution in [-0.4, -0.2) is 36.4 Å². The summed E-state index contributed by atoms with van der Waals surface area (Å²) in [6, 6.07) is -1.98. The van der Waals surface area contributed by atoms with Gasteiger partial charge in [0.15, 0.2) is 0 Å². The summed E-state index contributed by atoms with van der Waals surface area (Å²) >= 11 is 0. The fourth-order valence-electron chi connectivity index (χ4n) is 2.22. The van der Waals surface area contributed by atoms with Crippen LogP contribution in [0.1, 0.15) is 53.4 Å². The molecule has 0 saturated heterocycles. The third kappa shape index (κ3) is 6.27. The number of nitrogens with one attached hydrogen (secondary N) is 2. The third-order valence-electron chi connectivity index (χ3n) is 3.81. The lowest BCUT2D eigenvalue weighted by Gasteiger charge is -2.38. The van der Waals surface area contributed by atoms with Crippen LogP contribution in [0.3, 0.4) is 0 Å². The van der Waals surface area contributed by atoms with Crippen LogP contribution < -0.4 is 10.6 Å². The SMILES string of the molecule is CC(C)(C)OC(=O)NCCC(NC(=O)C1(C)CCC1)C(F)(F)F. The van der Waals surface area contributed by atoms with E-state index in [0.29, 0.717) is 12.8 Å². The molecule has 1 rings (SSSR count). The molecular weight excluding hydrogens is 313 g/mol. The van der Waals surface area contributed by atoms with Crippen molar-refractivity contribution in [3.8, 4) is 0 Å². The number of carbonyl (C=O) groups excluding carboxylic acids is 2. The van der Waals surface area contributed by atoms with Gasteiger partial charge in [-0.2, -0.15) is 13.2 Å². The highest BCUT2D eigenvalue weighted by atomic mass is 19.4. The van der Waals surface area contributed by atoms with Crippen molar-refractivity contribution >= 4 is 12.0 Å². The fourth-order valence-corrected chi connectivity index (χ4v) is 2.22. The molecule has 1 saturated carbocycles. The van der Waals surface area contributed by atoms with Gasteiger partial charge in [-0.3, -0.25) is 4.79 Å². The number of halogens is 3. The van der Waals surface area contributed by atoms with Crippen LogP contribution in [-0.2, 0) is 9.53 Å². The molecule has 1 unspecified atom stereocenters. The summed E-state index contributed by atoms with van der Waals surface area (Å²) in [7, 11) is 0. The Morgan fingerprint density at radius 1 is 1.22 bits per heavy atom. The monoisotopic (exact) mass is 338 g/mol. The highest BCUT2D eigenvalue weighted by Gasteiger charge is 2.45. The van der Waals surface area contributed by atoms with Gasteiger partial charge >= 0.3 is 12.3 Å². The van der Waals surface area contributed by atoms with Crippen molar-refractivity contribution in [1.29, 1.82) is 0 Å². The second kappa shape index (κ2) is 6.97. The van der Waals surface area contributed by atoms with E-state index in [4.69, 9.17) is 4.74 Å². The van der Waals surface area contributed by atoms with Gasteiger partial charge in [0.1, 0.15) is 11.6 Å². The average molecular weight is 338 g/mol. The zero-order valence-corrected chi connectivity index (χ0v) is 14.0. The molecule has 0 aromatic rings. The van der Waals surface area contributed by atoms with E-state index in [0.717, 1.165) is 6.42 Å². The molecular formula is C15H25F3N2O3. The molecule has 0 heterocycles. The fraction of sp³-hybridized carbons (Fsp3) is 0.867. The number of amides is 2. The van der Waals surface area contributed by atoms with E-state index in [1.54, 1.807) is 27.7 Å². The summed E-state index contributed by atoms with van der Waals surface area (Å²) in [5.41, 5.74) is -1.43. The molecule has 1 atom stereocenters. The van der Waals surface area contributed by atoms with Crippen molar-refractivity contribution in [3.63, 3.8) is 0 Å². The Bertz CT molecular complexity index is 440. The molecule has 134 valence electrons.